The Morgan fingerprint density at radius 3 is 3.05 bits per heavy atom. The molecule has 1 unspecified atom stereocenters. The van der Waals surface area contributed by atoms with Crippen molar-refractivity contribution >= 4 is 5.82 Å². The van der Waals surface area contributed by atoms with Gasteiger partial charge in [-0.15, -0.1) is 0 Å². The molecule has 1 N–H and O–H groups in total. The van der Waals surface area contributed by atoms with Crippen LogP contribution in [-0.2, 0) is 11.3 Å². The fraction of sp³-hybridized carbons (Fsp3) is 0.688. The van der Waals surface area contributed by atoms with Gasteiger partial charge in [-0.3, -0.25) is 0 Å². The molecule has 1 fully saturated rings. The van der Waals surface area contributed by atoms with Crippen LogP contribution in [0.15, 0.2) is 12.3 Å². The molecule has 0 bridgehead atoms. The van der Waals surface area contributed by atoms with Crippen LogP contribution in [0.2, 0.25) is 0 Å². The molecule has 1 aromatic heterocycles. The molecule has 0 aliphatic carbocycles. The van der Waals surface area contributed by atoms with Crippen LogP contribution < -0.4 is 10.2 Å². The minimum absolute atomic E-state index is 0.257. The highest BCUT2D eigenvalue weighted by Crippen LogP contribution is 2.20. The van der Waals surface area contributed by atoms with E-state index in [0.717, 1.165) is 50.3 Å². The van der Waals surface area contributed by atoms with Gasteiger partial charge in [-0.2, -0.15) is 0 Å². The van der Waals surface area contributed by atoms with E-state index in [1.807, 2.05) is 7.05 Å². The molecule has 2 rings (SSSR count). The molecule has 1 aliphatic heterocycles. The summed E-state index contributed by atoms with van der Waals surface area (Å²) in [6, 6.07) is 1.57. The molecular formula is C16H26FN3O. The molecule has 118 valence electrons. The Labute approximate surface area is 126 Å². The number of anilines is 1. The van der Waals surface area contributed by atoms with Crippen LogP contribution in [0, 0.1) is 5.82 Å². The molecule has 4 nitrogen and oxygen atoms in total. The van der Waals surface area contributed by atoms with E-state index in [2.05, 4.69) is 22.1 Å². The second-order valence-corrected chi connectivity index (χ2v) is 5.68. The van der Waals surface area contributed by atoms with Gasteiger partial charge in [-0.25, -0.2) is 9.37 Å². The summed E-state index contributed by atoms with van der Waals surface area (Å²) < 4.78 is 19.2. The van der Waals surface area contributed by atoms with Crippen LogP contribution in [0.3, 0.4) is 0 Å². The molecule has 1 saturated heterocycles. The van der Waals surface area contributed by atoms with Crippen LogP contribution in [0.25, 0.3) is 0 Å². The van der Waals surface area contributed by atoms with Crippen molar-refractivity contribution in [1.82, 2.24) is 10.3 Å². The molecule has 0 aromatic carbocycles. The molecule has 2 heterocycles. The smallest absolute Gasteiger partial charge is 0.141 e. The zero-order valence-electron chi connectivity index (χ0n) is 13.1. The standard InChI is InChI=1S/C16H26FN3O/c1-3-7-18-10-13-9-14(17)11-19-16(13)20(2)12-15-6-4-5-8-21-15/h9,11,15,18H,3-8,10,12H2,1-2H3. The highest BCUT2D eigenvalue weighted by atomic mass is 19.1. The molecular weight excluding hydrogens is 269 g/mol. The van der Waals surface area contributed by atoms with Crippen molar-refractivity contribution in [2.75, 3.05) is 31.6 Å². The fourth-order valence-electron chi connectivity index (χ4n) is 2.69. The van der Waals surface area contributed by atoms with Crippen LogP contribution in [0.1, 0.15) is 38.2 Å². The third kappa shape index (κ3) is 4.93. The van der Waals surface area contributed by atoms with Gasteiger partial charge in [0, 0.05) is 32.3 Å². The number of nitrogens with one attached hydrogen (secondary N) is 1. The first-order valence-corrected chi connectivity index (χ1v) is 7.88. The first-order valence-electron chi connectivity index (χ1n) is 7.88. The van der Waals surface area contributed by atoms with Crippen LogP contribution in [0.4, 0.5) is 10.2 Å². The number of aromatic nitrogens is 1. The first-order chi connectivity index (χ1) is 10.2. The Balaban J connectivity index is 2.01. The second-order valence-electron chi connectivity index (χ2n) is 5.68. The highest BCUT2D eigenvalue weighted by molar-refractivity contribution is 5.46. The monoisotopic (exact) mass is 295 g/mol. The van der Waals surface area contributed by atoms with Gasteiger partial charge >= 0.3 is 0 Å². The van der Waals surface area contributed by atoms with Gasteiger partial charge in [0.1, 0.15) is 11.6 Å². The third-order valence-corrected chi connectivity index (χ3v) is 3.76. The topological polar surface area (TPSA) is 37.4 Å². The largest absolute Gasteiger partial charge is 0.376 e. The summed E-state index contributed by atoms with van der Waals surface area (Å²) in [4.78, 5) is 6.36. The third-order valence-electron chi connectivity index (χ3n) is 3.76. The van der Waals surface area contributed by atoms with E-state index >= 15 is 0 Å². The number of halogens is 1. The van der Waals surface area contributed by atoms with Gasteiger partial charge in [0.15, 0.2) is 0 Å². The molecule has 0 amide bonds. The van der Waals surface area contributed by atoms with Crippen molar-refractivity contribution in [1.29, 1.82) is 0 Å². The lowest BCUT2D eigenvalue weighted by molar-refractivity contribution is 0.0215. The fourth-order valence-corrected chi connectivity index (χ4v) is 2.69. The van der Waals surface area contributed by atoms with Gasteiger partial charge in [0.25, 0.3) is 0 Å². The number of pyridine rings is 1. The number of likely N-dealkylation sites (N-methyl/N-ethyl adjacent to an activating group) is 1. The van der Waals surface area contributed by atoms with Crippen LogP contribution in [-0.4, -0.2) is 37.8 Å². The highest BCUT2D eigenvalue weighted by Gasteiger charge is 2.18. The average molecular weight is 295 g/mol. The van der Waals surface area contributed by atoms with Crippen molar-refractivity contribution < 1.29 is 9.13 Å². The van der Waals surface area contributed by atoms with Crippen molar-refractivity contribution in [3.8, 4) is 0 Å². The molecule has 0 spiro atoms. The quantitative estimate of drug-likeness (QED) is 0.785. The Morgan fingerprint density at radius 2 is 2.33 bits per heavy atom. The van der Waals surface area contributed by atoms with E-state index in [1.165, 1.54) is 12.6 Å². The van der Waals surface area contributed by atoms with E-state index in [4.69, 9.17) is 4.74 Å². The summed E-state index contributed by atoms with van der Waals surface area (Å²) in [6.45, 7) is 5.33. The van der Waals surface area contributed by atoms with Gasteiger partial charge < -0.3 is 15.0 Å². The number of ether oxygens (including phenoxy) is 1. The Bertz CT molecular complexity index is 436. The maximum atomic E-state index is 13.4. The second kappa shape index (κ2) is 8.29. The zero-order chi connectivity index (χ0) is 15.1. The molecule has 21 heavy (non-hydrogen) atoms. The summed E-state index contributed by atoms with van der Waals surface area (Å²) in [6.07, 6.45) is 6.07. The predicted molar refractivity (Wildman–Crippen MR) is 83.1 cm³/mol. The minimum atomic E-state index is -0.283. The number of hydrogen-bond acceptors (Lipinski definition) is 4. The minimum Gasteiger partial charge on any atom is -0.376 e. The zero-order valence-corrected chi connectivity index (χ0v) is 13.1. The van der Waals surface area contributed by atoms with Gasteiger partial charge in [0.2, 0.25) is 0 Å². The molecule has 0 radical (unpaired) electrons. The van der Waals surface area contributed by atoms with Gasteiger partial charge in [0.05, 0.1) is 12.3 Å². The van der Waals surface area contributed by atoms with Gasteiger partial charge in [-0.05, 0) is 38.3 Å². The molecule has 1 atom stereocenters. The maximum Gasteiger partial charge on any atom is 0.141 e. The SMILES string of the molecule is CCCNCc1cc(F)cnc1N(C)CC1CCCCO1. The molecule has 5 heteroatoms. The Hall–Kier alpha value is -1.20. The lowest BCUT2D eigenvalue weighted by Crippen LogP contribution is -2.34. The summed E-state index contributed by atoms with van der Waals surface area (Å²) >= 11 is 0. The first kappa shape index (κ1) is 16.2. The van der Waals surface area contributed by atoms with Crippen molar-refractivity contribution in [2.24, 2.45) is 0 Å². The van der Waals surface area contributed by atoms with E-state index in [9.17, 15) is 4.39 Å². The van der Waals surface area contributed by atoms with Crippen molar-refractivity contribution in [3.63, 3.8) is 0 Å². The summed E-state index contributed by atoms with van der Waals surface area (Å²) in [5, 5.41) is 3.31. The summed E-state index contributed by atoms with van der Waals surface area (Å²) in [5.74, 6) is 0.559. The van der Waals surface area contributed by atoms with E-state index in [0.29, 0.717) is 6.54 Å². The molecule has 1 aliphatic rings. The average Bonchev–Trinajstić information content (AvgIpc) is 2.48. The number of hydrogen-bond donors (Lipinski definition) is 1. The lowest BCUT2D eigenvalue weighted by Gasteiger charge is -2.29. The maximum absolute atomic E-state index is 13.4. The Kier molecular flexibility index (Phi) is 6.39. The Morgan fingerprint density at radius 1 is 1.48 bits per heavy atom. The normalized spacial score (nSPS) is 18.7. The summed E-state index contributed by atoms with van der Waals surface area (Å²) in [5.41, 5.74) is 0.904. The van der Waals surface area contributed by atoms with E-state index in [-0.39, 0.29) is 11.9 Å². The summed E-state index contributed by atoms with van der Waals surface area (Å²) in [7, 11) is 2.00. The van der Waals surface area contributed by atoms with Crippen molar-refractivity contribution in [3.05, 3.63) is 23.6 Å². The number of nitrogens with zero attached hydrogens (tertiary/aromatic N) is 2. The number of rotatable bonds is 7. The molecule has 0 saturated carbocycles. The lowest BCUT2D eigenvalue weighted by atomic mass is 10.1. The van der Waals surface area contributed by atoms with E-state index < -0.39 is 0 Å². The van der Waals surface area contributed by atoms with Crippen molar-refractivity contribution in [2.45, 2.75) is 45.3 Å². The van der Waals surface area contributed by atoms with Gasteiger partial charge in [-0.1, -0.05) is 6.92 Å². The van der Waals surface area contributed by atoms with Crippen LogP contribution >= 0.6 is 0 Å². The van der Waals surface area contributed by atoms with Crippen LogP contribution in [0.5, 0.6) is 0 Å². The predicted octanol–water partition coefficient (Wildman–Crippen LogP) is 2.73. The molecule has 1 aromatic rings. The van der Waals surface area contributed by atoms with E-state index in [1.54, 1.807) is 6.07 Å².